The number of aromatic nitrogens is 2. The summed E-state index contributed by atoms with van der Waals surface area (Å²) in [4.78, 5) is 12.6. The van der Waals surface area contributed by atoms with Gasteiger partial charge >= 0.3 is 5.97 Å². The zero-order chi connectivity index (χ0) is 14.0. The first-order valence-corrected chi connectivity index (χ1v) is 7.83. The maximum atomic E-state index is 11.5. The van der Waals surface area contributed by atoms with Crippen molar-refractivity contribution in [1.29, 1.82) is 0 Å². The van der Waals surface area contributed by atoms with Gasteiger partial charge in [0.2, 0.25) is 0 Å². The fourth-order valence-corrected chi connectivity index (χ4v) is 4.08. The molecule has 1 unspecified atom stereocenters. The molecule has 1 aliphatic rings. The van der Waals surface area contributed by atoms with Crippen molar-refractivity contribution >= 4 is 15.8 Å². The standard InChI is InChI=1S/C11H17N3O4S/c1-13-9(2-4-12-13)6-14(7-11(15)16)10-3-5-19(17,18)8-10/h2,4,10H,3,5-8H2,1H3,(H,15,16). The van der Waals surface area contributed by atoms with Crippen LogP contribution in [0, 0.1) is 0 Å². The molecule has 1 aromatic rings. The van der Waals surface area contributed by atoms with E-state index < -0.39 is 15.8 Å². The Balaban J connectivity index is 2.12. The van der Waals surface area contributed by atoms with Gasteiger partial charge in [-0.05, 0) is 12.5 Å². The highest BCUT2D eigenvalue weighted by molar-refractivity contribution is 7.91. The number of hydrogen-bond donors (Lipinski definition) is 1. The Morgan fingerprint density at radius 3 is 2.84 bits per heavy atom. The van der Waals surface area contributed by atoms with Crippen LogP contribution in [-0.2, 0) is 28.2 Å². The number of aliphatic carboxylic acids is 1. The van der Waals surface area contributed by atoms with Gasteiger partial charge < -0.3 is 5.11 Å². The highest BCUT2D eigenvalue weighted by atomic mass is 32.2. The molecular weight excluding hydrogens is 270 g/mol. The Labute approximate surface area is 111 Å². The van der Waals surface area contributed by atoms with Gasteiger partial charge in [-0.2, -0.15) is 5.10 Å². The van der Waals surface area contributed by atoms with Crippen LogP contribution < -0.4 is 0 Å². The molecule has 2 rings (SSSR count). The molecule has 0 saturated carbocycles. The van der Waals surface area contributed by atoms with E-state index in [-0.39, 0.29) is 24.1 Å². The minimum Gasteiger partial charge on any atom is -0.480 e. The first kappa shape index (κ1) is 14.0. The molecule has 0 amide bonds. The Hall–Kier alpha value is -1.41. The fraction of sp³-hybridized carbons (Fsp3) is 0.636. The van der Waals surface area contributed by atoms with Gasteiger partial charge in [0.1, 0.15) is 0 Å². The van der Waals surface area contributed by atoms with E-state index in [4.69, 9.17) is 5.11 Å². The Bertz CT molecular complexity index is 566. The third-order valence-corrected chi connectivity index (χ3v) is 5.10. The van der Waals surface area contributed by atoms with Gasteiger partial charge in [0.25, 0.3) is 0 Å². The lowest BCUT2D eigenvalue weighted by molar-refractivity contribution is -0.139. The largest absolute Gasteiger partial charge is 0.480 e. The molecule has 1 fully saturated rings. The maximum Gasteiger partial charge on any atom is 0.317 e. The van der Waals surface area contributed by atoms with Crippen molar-refractivity contribution in [3.63, 3.8) is 0 Å². The van der Waals surface area contributed by atoms with E-state index in [0.29, 0.717) is 13.0 Å². The van der Waals surface area contributed by atoms with Crippen LogP contribution in [0.1, 0.15) is 12.1 Å². The number of hydrogen-bond acceptors (Lipinski definition) is 5. The Morgan fingerprint density at radius 1 is 1.63 bits per heavy atom. The molecule has 0 spiro atoms. The van der Waals surface area contributed by atoms with E-state index in [2.05, 4.69) is 5.10 Å². The predicted molar refractivity (Wildman–Crippen MR) is 68.3 cm³/mol. The summed E-state index contributed by atoms with van der Waals surface area (Å²) in [5.41, 5.74) is 0.866. The summed E-state index contributed by atoms with van der Waals surface area (Å²) in [6, 6.07) is 1.58. The lowest BCUT2D eigenvalue weighted by Crippen LogP contribution is -2.39. The maximum absolute atomic E-state index is 11.5. The number of carboxylic acid groups (broad SMARTS) is 1. The quantitative estimate of drug-likeness (QED) is 0.784. The molecule has 19 heavy (non-hydrogen) atoms. The van der Waals surface area contributed by atoms with E-state index in [9.17, 15) is 13.2 Å². The number of carboxylic acids is 1. The van der Waals surface area contributed by atoms with Crippen molar-refractivity contribution < 1.29 is 18.3 Å². The van der Waals surface area contributed by atoms with E-state index in [1.807, 2.05) is 0 Å². The van der Waals surface area contributed by atoms with E-state index in [0.717, 1.165) is 5.69 Å². The molecule has 2 heterocycles. The molecule has 0 aromatic carbocycles. The van der Waals surface area contributed by atoms with Crippen LogP contribution in [0.15, 0.2) is 12.3 Å². The molecule has 7 nitrogen and oxygen atoms in total. The summed E-state index contributed by atoms with van der Waals surface area (Å²) >= 11 is 0. The Morgan fingerprint density at radius 2 is 2.37 bits per heavy atom. The molecule has 1 saturated heterocycles. The summed E-state index contributed by atoms with van der Waals surface area (Å²) < 4.78 is 24.7. The van der Waals surface area contributed by atoms with Gasteiger partial charge in [0, 0.05) is 25.8 Å². The normalized spacial score (nSPS) is 21.9. The average molecular weight is 287 g/mol. The number of carbonyl (C=O) groups is 1. The van der Waals surface area contributed by atoms with Gasteiger partial charge in [-0.15, -0.1) is 0 Å². The molecule has 1 N–H and O–H groups in total. The van der Waals surface area contributed by atoms with E-state index >= 15 is 0 Å². The van der Waals surface area contributed by atoms with Crippen LogP contribution in [-0.4, -0.2) is 58.3 Å². The van der Waals surface area contributed by atoms with E-state index in [1.165, 1.54) is 0 Å². The van der Waals surface area contributed by atoms with E-state index in [1.54, 1.807) is 28.9 Å². The van der Waals surface area contributed by atoms with Crippen molar-refractivity contribution in [2.24, 2.45) is 7.05 Å². The second kappa shape index (κ2) is 5.30. The molecule has 1 aliphatic heterocycles. The summed E-state index contributed by atoms with van der Waals surface area (Å²) in [6.45, 7) is 0.231. The fourth-order valence-electron chi connectivity index (χ4n) is 2.32. The topological polar surface area (TPSA) is 92.5 Å². The van der Waals surface area contributed by atoms with Crippen molar-refractivity contribution in [3.05, 3.63) is 18.0 Å². The van der Waals surface area contributed by atoms with Gasteiger partial charge in [0.15, 0.2) is 9.84 Å². The number of nitrogens with zero attached hydrogens (tertiary/aromatic N) is 3. The van der Waals surface area contributed by atoms with Gasteiger partial charge in [0.05, 0.1) is 23.7 Å². The molecular formula is C11H17N3O4S. The third-order valence-electron chi connectivity index (χ3n) is 3.35. The number of sulfone groups is 1. The molecule has 8 heteroatoms. The zero-order valence-electron chi connectivity index (χ0n) is 10.7. The van der Waals surface area contributed by atoms with Gasteiger partial charge in [-0.1, -0.05) is 0 Å². The molecule has 0 radical (unpaired) electrons. The highest BCUT2D eigenvalue weighted by Gasteiger charge is 2.33. The average Bonchev–Trinajstić information content (AvgIpc) is 2.84. The second-order valence-corrected chi connectivity index (χ2v) is 7.03. The molecule has 0 bridgehead atoms. The van der Waals surface area contributed by atoms with Crippen molar-refractivity contribution in [2.75, 3.05) is 18.1 Å². The molecule has 0 aliphatic carbocycles. The van der Waals surface area contributed by atoms with Crippen LogP contribution in [0.3, 0.4) is 0 Å². The number of aryl methyl sites for hydroxylation is 1. The summed E-state index contributed by atoms with van der Waals surface area (Å²) in [5, 5.41) is 13.0. The lowest BCUT2D eigenvalue weighted by atomic mass is 10.2. The first-order valence-electron chi connectivity index (χ1n) is 6.00. The summed E-state index contributed by atoms with van der Waals surface area (Å²) in [5.74, 6) is -0.774. The van der Waals surface area contributed by atoms with Crippen LogP contribution in [0.5, 0.6) is 0 Å². The summed E-state index contributed by atoms with van der Waals surface area (Å²) in [7, 11) is -1.24. The minimum absolute atomic E-state index is 0.0398. The molecule has 1 atom stereocenters. The van der Waals surface area contributed by atoms with Crippen LogP contribution in [0.25, 0.3) is 0 Å². The Kier molecular flexibility index (Phi) is 3.91. The third kappa shape index (κ3) is 3.54. The summed E-state index contributed by atoms with van der Waals surface area (Å²) in [6.07, 6.45) is 2.13. The van der Waals surface area contributed by atoms with Gasteiger partial charge in [-0.25, -0.2) is 8.42 Å². The van der Waals surface area contributed by atoms with Crippen molar-refractivity contribution in [3.8, 4) is 0 Å². The van der Waals surface area contributed by atoms with Crippen LogP contribution >= 0.6 is 0 Å². The highest BCUT2D eigenvalue weighted by Crippen LogP contribution is 2.19. The van der Waals surface area contributed by atoms with Crippen LogP contribution in [0.4, 0.5) is 0 Å². The van der Waals surface area contributed by atoms with Crippen molar-refractivity contribution in [2.45, 2.75) is 19.0 Å². The van der Waals surface area contributed by atoms with Crippen molar-refractivity contribution in [1.82, 2.24) is 14.7 Å². The molecule has 106 valence electrons. The SMILES string of the molecule is Cn1nccc1CN(CC(=O)O)C1CCS(=O)(=O)C1. The second-order valence-electron chi connectivity index (χ2n) is 4.80. The smallest absolute Gasteiger partial charge is 0.317 e. The minimum atomic E-state index is -3.02. The lowest BCUT2D eigenvalue weighted by Gasteiger charge is -2.26. The monoisotopic (exact) mass is 287 g/mol. The van der Waals surface area contributed by atoms with Gasteiger partial charge in [-0.3, -0.25) is 14.4 Å². The zero-order valence-corrected chi connectivity index (χ0v) is 11.5. The predicted octanol–water partition coefficient (Wildman–Crippen LogP) is -0.506. The van der Waals surface area contributed by atoms with Crippen LogP contribution in [0.2, 0.25) is 0 Å². The first-order chi connectivity index (χ1) is 8.87. The number of rotatable bonds is 5. The molecule has 1 aromatic heterocycles.